The number of nitrogen functional groups attached to an aromatic ring is 1. The van der Waals surface area contributed by atoms with Crippen molar-refractivity contribution in [3.8, 4) is 11.1 Å². The van der Waals surface area contributed by atoms with Crippen LogP contribution in [0.5, 0.6) is 0 Å². The third kappa shape index (κ3) is 3.84. The maximum Gasteiger partial charge on any atom is 0.132 e. The van der Waals surface area contributed by atoms with E-state index in [9.17, 15) is 0 Å². The van der Waals surface area contributed by atoms with Crippen molar-refractivity contribution in [1.82, 2.24) is 15.1 Å². The maximum atomic E-state index is 8.72. The Kier molecular flexibility index (Phi) is 5.02. The molecule has 8 nitrogen and oxygen atoms in total. The van der Waals surface area contributed by atoms with Crippen LogP contribution < -0.4 is 10.6 Å². The van der Waals surface area contributed by atoms with Crippen molar-refractivity contribution in [2.24, 2.45) is 0 Å². The fraction of sp³-hybridized carbons (Fsp3) is 0.333. The third-order valence-electron chi connectivity index (χ3n) is 5.04. The van der Waals surface area contributed by atoms with Crippen molar-refractivity contribution < 1.29 is 9.26 Å². The van der Waals surface area contributed by atoms with Crippen LogP contribution in [0.15, 0.2) is 41.4 Å². The lowest BCUT2D eigenvalue weighted by molar-refractivity contribution is -0.00546. The molecule has 3 aromatic rings. The summed E-state index contributed by atoms with van der Waals surface area (Å²) in [4.78, 5) is 10.9. The number of ether oxygens (including phenoxy) is 1. The van der Waals surface area contributed by atoms with Crippen molar-refractivity contribution in [2.75, 3.05) is 23.7 Å². The molecule has 1 aromatic carbocycles. The molecule has 1 aliphatic rings. The zero-order valence-electron chi connectivity index (χ0n) is 16.7. The van der Waals surface area contributed by atoms with Gasteiger partial charge in [0.15, 0.2) is 0 Å². The second-order valence-electron chi connectivity index (χ2n) is 7.41. The van der Waals surface area contributed by atoms with Gasteiger partial charge in [0.05, 0.1) is 29.3 Å². The highest BCUT2D eigenvalue weighted by Gasteiger charge is 2.24. The van der Waals surface area contributed by atoms with E-state index in [1.165, 1.54) is 6.33 Å². The summed E-state index contributed by atoms with van der Waals surface area (Å²) in [5.41, 5.74) is 10.6. The van der Waals surface area contributed by atoms with Crippen LogP contribution in [0.4, 0.5) is 11.5 Å². The summed E-state index contributed by atoms with van der Waals surface area (Å²) in [6, 6.07) is 7.40. The van der Waals surface area contributed by atoms with Crippen LogP contribution in [0.3, 0.4) is 0 Å². The van der Waals surface area contributed by atoms with Gasteiger partial charge in [-0.2, -0.15) is 0 Å². The lowest BCUT2D eigenvalue weighted by atomic mass is 9.98. The summed E-state index contributed by atoms with van der Waals surface area (Å²) in [6.45, 7) is 7.47. The Bertz CT molecular complexity index is 1040. The minimum atomic E-state index is 0.121. The molecule has 0 aliphatic carbocycles. The van der Waals surface area contributed by atoms with Crippen molar-refractivity contribution in [2.45, 2.75) is 33.0 Å². The molecule has 1 aliphatic heterocycles. The van der Waals surface area contributed by atoms with Gasteiger partial charge in [-0.3, -0.25) is 5.41 Å². The van der Waals surface area contributed by atoms with Gasteiger partial charge in [0.25, 0.3) is 0 Å². The Morgan fingerprint density at radius 1 is 1.17 bits per heavy atom. The first-order chi connectivity index (χ1) is 13.9. The number of benzene rings is 1. The zero-order valence-corrected chi connectivity index (χ0v) is 16.7. The second kappa shape index (κ2) is 7.63. The van der Waals surface area contributed by atoms with Gasteiger partial charge >= 0.3 is 0 Å². The normalized spacial score (nSPS) is 19.3. The molecule has 0 saturated carbocycles. The average Bonchev–Trinajstić information content (AvgIpc) is 3.13. The second-order valence-corrected chi connectivity index (χ2v) is 7.41. The van der Waals surface area contributed by atoms with Crippen LogP contribution in [-0.4, -0.2) is 46.1 Å². The Balaban J connectivity index is 1.66. The van der Waals surface area contributed by atoms with Crippen LogP contribution >= 0.6 is 0 Å². The largest absolute Gasteiger partial charge is 0.398 e. The van der Waals surface area contributed by atoms with Crippen molar-refractivity contribution in [1.29, 1.82) is 5.41 Å². The molecule has 0 bridgehead atoms. The zero-order chi connectivity index (χ0) is 20.5. The van der Waals surface area contributed by atoms with E-state index in [-0.39, 0.29) is 17.9 Å². The van der Waals surface area contributed by atoms with E-state index in [1.807, 2.05) is 39.0 Å². The predicted octanol–water partition coefficient (Wildman–Crippen LogP) is 3.05. The van der Waals surface area contributed by atoms with Gasteiger partial charge in [-0.15, -0.1) is 0 Å². The number of aryl methyl sites for hydroxylation is 1. The molecule has 0 unspecified atom stereocenters. The summed E-state index contributed by atoms with van der Waals surface area (Å²) in [7, 11) is 0. The van der Waals surface area contributed by atoms with E-state index >= 15 is 0 Å². The molecule has 1 fully saturated rings. The van der Waals surface area contributed by atoms with Crippen molar-refractivity contribution >= 4 is 17.2 Å². The minimum absolute atomic E-state index is 0.121. The van der Waals surface area contributed by atoms with Crippen LogP contribution in [0.1, 0.15) is 30.8 Å². The summed E-state index contributed by atoms with van der Waals surface area (Å²) in [5.74, 6) is 0.784. The number of rotatable bonds is 4. The van der Waals surface area contributed by atoms with Crippen LogP contribution in [0, 0.1) is 12.3 Å². The van der Waals surface area contributed by atoms with E-state index < -0.39 is 0 Å². The molecule has 2 aromatic heterocycles. The van der Waals surface area contributed by atoms with Gasteiger partial charge in [0.1, 0.15) is 18.4 Å². The van der Waals surface area contributed by atoms with Gasteiger partial charge in [0, 0.05) is 36.0 Å². The molecule has 0 spiro atoms. The monoisotopic (exact) mass is 392 g/mol. The Morgan fingerprint density at radius 2 is 1.93 bits per heavy atom. The number of nitrogens with one attached hydrogen (secondary N) is 1. The molecule has 2 atom stereocenters. The van der Waals surface area contributed by atoms with Gasteiger partial charge in [0.2, 0.25) is 0 Å². The molecule has 150 valence electrons. The summed E-state index contributed by atoms with van der Waals surface area (Å²) >= 11 is 0. The van der Waals surface area contributed by atoms with E-state index in [1.54, 1.807) is 12.3 Å². The highest BCUT2D eigenvalue weighted by molar-refractivity contribution is 6.13. The average molecular weight is 392 g/mol. The lowest BCUT2D eigenvalue weighted by Gasteiger charge is -2.36. The van der Waals surface area contributed by atoms with Gasteiger partial charge in [-0.25, -0.2) is 9.97 Å². The Morgan fingerprint density at radius 3 is 2.62 bits per heavy atom. The van der Waals surface area contributed by atoms with E-state index in [0.29, 0.717) is 16.9 Å². The lowest BCUT2D eigenvalue weighted by Crippen LogP contribution is -2.45. The first kappa shape index (κ1) is 19.1. The minimum Gasteiger partial charge on any atom is -0.398 e. The molecule has 8 heteroatoms. The fourth-order valence-corrected chi connectivity index (χ4v) is 3.67. The van der Waals surface area contributed by atoms with E-state index in [2.05, 4.69) is 20.0 Å². The number of anilines is 2. The molecular formula is C21H24N6O2. The first-order valence-corrected chi connectivity index (χ1v) is 9.55. The molecule has 1 saturated heterocycles. The first-order valence-electron chi connectivity index (χ1n) is 9.55. The van der Waals surface area contributed by atoms with E-state index in [4.69, 9.17) is 20.4 Å². The highest BCUT2D eigenvalue weighted by atomic mass is 16.5. The summed E-state index contributed by atoms with van der Waals surface area (Å²) in [6.07, 6.45) is 3.33. The highest BCUT2D eigenvalue weighted by Crippen LogP contribution is 2.28. The SMILES string of the molecule is Cc1nocc1-c1ccc(N)c(C(=N)c2cc(N3C[C@@H](C)O[C@@H](C)C3)ncn2)c1. The molecule has 4 rings (SSSR count). The predicted molar refractivity (Wildman–Crippen MR) is 111 cm³/mol. The Hall–Kier alpha value is -3.26. The molecule has 3 N–H and O–H groups in total. The number of nitrogens with two attached hydrogens (primary N) is 1. The van der Waals surface area contributed by atoms with Crippen LogP contribution in [0.25, 0.3) is 11.1 Å². The molecular weight excluding hydrogens is 368 g/mol. The quantitative estimate of drug-likeness (QED) is 0.518. The third-order valence-corrected chi connectivity index (χ3v) is 5.04. The topological polar surface area (TPSA) is 114 Å². The van der Waals surface area contributed by atoms with Crippen LogP contribution in [-0.2, 0) is 4.74 Å². The standard InChI is InChI=1S/C21H24N6O2/c1-12-8-27(9-13(2)29-12)20-7-19(24-11-25-20)21(23)16-6-15(4-5-18(16)22)17-10-28-26-14(17)3/h4-7,10-13,23H,8-9,22H2,1-3H3/t12-,13+. The smallest absolute Gasteiger partial charge is 0.132 e. The van der Waals surface area contributed by atoms with Gasteiger partial charge in [-0.1, -0.05) is 11.2 Å². The Labute approximate surface area is 169 Å². The summed E-state index contributed by atoms with van der Waals surface area (Å²) < 4.78 is 10.8. The molecule has 29 heavy (non-hydrogen) atoms. The van der Waals surface area contributed by atoms with Crippen LogP contribution in [0.2, 0.25) is 0 Å². The fourth-order valence-electron chi connectivity index (χ4n) is 3.67. The number of aromatic nitrogens is 3. The molecule has 0 amide bonds. The maximum absolute atomic E-state index is 8.72. The van der Waals surface area contributed by atoms with Crippen molar-refractivity contribution in [3.63, 3.8) is 0 Å². The van der Waals surface area contributed by atoms with Gasteiger partial charge in [-0.05, 0) is 38.5 Å². The summed E-state index contributed by atoms with van der Waals surface area (Å²) in [5, 5.41) is 12.7. The number of hydrogen-bond donors (Lipinski definition) is 2. The van der Waals surface area contributed by atoms with Gasteiger partial charge < -0.3 is 19.9 Å². The van der Waals surface area contributed by atoms with E-state index in [0.717, 1.165) is 35.7 Å². The number of hydrogen-bond acceptors (Lipinski definition) is 8. The number of nitrogens with zero attached hydrogens (tertiary/aromatic N) is 4. The molecule has 3 heterocycles. The number of morpholine rings is 1. The molecule has 0 radical (unpaired) electrons. The van der Waals surface area contributed by atoms with Crippen molar-refractivity contribution in [3.05, 3.63) is 53.8 Å².